The Labute approximate surface area is 138 Å². The van der Waals surface area contributed by atoms with Gasteiger partial charge in [0.25, 0.3) is 0 Å². The van der Waals surface area contributed by atoms with Crippen molar-refractivity contribution in [2.75, 3.05) is 6.79 Å². The highest BCUT2D eigenvalue weighted by Crippen LogP contribution is 2.12. The molecule has 4 nitrogen and oxygen atoms in total. The molecule has 0 saturated heterocycles. The van der Waals surface area contributed by atoms with Crippen molar-refractivity contribution in [3.63, 3.8) is 0 Å². The van der Waals surface area contributed by atoms with Gasteiger partial charge in [0.2, 0.25) is 6.79 Å². The van der Waals surface area contributed by atoms with Crippen LogP contribution in [0.4, 0.5) is 0 Å². The fraction of sp³-hybridized carbons (Fsp3) is 0.0667. The van der Waals surface area contributed by atoms with Gasteiger partial charge >= 0.3 is 11.9 Å². The monoisotopic (exact) mass is 412 g/mol. The molecule has 2 aromatic carbocycles. The number of benzene rings is 2. The molecular formula is C15H10Br2O4. The lowest BCUT2D eigenvalue weighted by atomic mass is 10.2. The Kier molecular flexibility index (Phi) is 5.52. The highest BCUT2D eigenvalue weighted by Gasteiger charge is 2.10. The molecule has 0 aliphatic carbocycles. The van der Waals surface area contributed by atoms with Crippen LogP contribution in [0.3, 0.4) is 0 Å². The minimum Gasteiger partial charge on any atom is -0.424 e. The molecule has 0 heterocycles. The fourth-order valence-electron chi connectivity index (χ4n) is 1.48. The van der Waals surface area contributed by atoms with Gasteiger partial charge in [-0.3, -0.25) is 0 Å². The first-order chi connectivity index (χ1) is 10.1. The van der Waals surface area contributed by atoms with E-state index in [1.165, 1.54) is 0 Å². The van der Waals surface area contributed by atoms with E-state index in [2.05, 4.69) is 31.9 Å². The SMILES string of the molecule is O=C(OCOC(=O)c1ccc(Br)cc1)c1ccc(Br)cc1. The van der Waals surface area contributed by atoms with E-state index in [0.29, 0.717) is 11.1 Å². The zero-order valence-electron chi connectivity index (χ0n) is 10.7. The van der Waals surface area contributed by atoms with Crippen LogP contribution < -0.4 is 0 Å². The number of esters is 2. The summed E-state index contributed by atoms with van der Waals surface area (Å²) in [7, 11) is 0. The Morgan fingerprint density at radius 1 is 0.714 bits per heavy atom. The maximum atomic E-state index is 11.7. The summed E-state index contributed by atoms with van der Waals surface area (Å²) in [4.78, 5) is 23.4. The van der Waals surface area contributed by atoms with E-state index in [1.54, 1.807) is 48.5 Å². The summed E-state index contributed by atoms with van der Waals surface area (Å²) in [6, 6.07) is 13.4. The molecule has 2 aromatic rings. The van der Waals surface area contributed by atoms with Gasteiger partial charge < -0.3 is 9.47 Å². The van der Waals surface area contributed by atoms with Crippen LogP contribution in [0.2, 0.25) is 0 Å². The van der Waals surface area contributed by atoms with Gasteiger partial charge in [-0.2, -0.15) is 0 Å². The molecule has 0 atom stereocenters. The molecule has 0 fully saturated rings. The predicted molar refractivity (Wildman–Crippen MR) is 84.0 cm³/mol. The Morgan fingerprint density at radius 2 is 1.05 bits per heavy atom. The van der Waals surface area contributed by atoms with Crippen molar-refractivity contribution in [3.8, 4) is 0 Å². The maximum Gasteiger partial charge on any atom is 0.341 e. The van der Waals surface area contributed by atoms with Crippen LogP contribution in [-0.2, 0) is 9.47 Å². The minimum atomic E-state index is -0.550. The second-order valence-electron chi connectivity index (χ2n) is 4.00. The molecule has 6 heteroatoms. The number of ether oxygens (including phenoxy) is 2. The average molecular weight is 414 g/mol. The smallest absolute Gasteiger partial charge is 0.341 e. The molecule has 108 valence electrons. The number of halogens is 2. The highest BCUT2D eigenvalue weighted by molar-refractivity contribution is 9.10. The van der Waals surface area contributed by atoms with E-state index in [9.17, 15) is 9.59 Å². The third-order valence-electron chi connectivity index (χ3n) is 2.54. The van der Waals surface area contributed by atoms with Crippen molar-refractivity contribution < 1.29 is 19.1 Å². The number of rotatable bonds is 4. The Balaban J connectivity index is 1.83. The van der Waals surface area contributed by atoms with Gasteiger partial charge in [-0.25, -0.2) is 9.59 Å². The first kappa shape index (κ1) is 15.7. The fourth-order valence-corrected chi connectivity index (χ4v) is 2.00. The molecule has 0 spiro atoms. The largest absolute Gasteiger partial charge is 0.424 e. The molecule has 0 amide bonds. The van der Waals surface area contributed by atoms with Gasteiger partial charge in [-0.1, -0.05) is 31.9 Å². The lowest BCUT2D eigenvalue weighted by Crippen LogP contribution is -2.13. The standard InChI is InChI=1S/C15H10Br2O4/c16-12-5-1-10(2-6-12)14(18)20-9-21-15(19)11-3-7-13(17)8-4-11/h1-8H,9H2. The lowest BCUT2D eigenvalue weighted by molar-refractivity contribution is -0.0167. The highest BCUT2D eigenvalue weighted by atomic mass is 79.9. The van der Waals surface area contributed by atoms with Gasteiger partial charge in [0.1, 0.15) is 0 Å². The molecule has 0 saturated carbocycles. The van der Waals surface area contributed by atoms with Crippen molar-refractivity contribution in [3.05, 3.63) is 68.6 Å². The zero-order chi connectivity index (χ0) is 15.2. The first-order valence-corrected chi connectivity index (χ1v) is 7.50. The Hall–Kier alpha value is -1.66. The number of carbonyl (C=O) groups is 2. The van der Waals surface area contributed by atoms with Crippen LogP contribution in [0.5, 0.6) is 0 Å². The number of hydrogen-bond acceptors (Lipinski definition) is 4. The van der Waals surface area contributed by atoms with Crippen molar-refractivity contribution >= 4 is 43.8 Å². The van der Waals surface area contributed by atoms with Crippen LogP contribution in [-0.4, -0.2) is 18.7 Å². The summed E-state index contributed by atoms with van der Waals surface area (Å²) >= 11 is 6.54. The Morgan fingerprint density at radius 3 is 1.38 bits per heavy atom. The van der Waals surface area contributed by atoms with E-state index in [4.69, 9.17) is 9.47 Å². The quantitative estimate of drug-likeness (QED) is 0.557. The molecule has 2 rings (SSSR count). The molecule has 0 aliphatic heterocycles. The molecule has 0 radical (unpaired) electrons. The van der Waals surface area contributed by atoms with Gasteiger partial charge in [-0.15, -0.1) is 0 Å². The number of hydrogen-bond donors (Lipinski definition) is 0. The zero-order valence-corrected chi connectivity index (χ0v) is 13.9. The van der Waals surface area contributed by atoms with Crippen LogP contribution in [0.15, 0.2) is 57.5 Å². The van der Waals surface area contributed by atoms with Crippen LogP contribution in [0, 0.1) is 0 Å². The normalized spacial score (nSPS) is 10.0. The average Bonchev–Trinajstić information content (AvgIpc) is 2.48. The van der Waals surface area contributed by atoms with Gasteiger partial charge in [-0.05, 0) is 48.5 Å². The van der Waals surface area contributed by atoms with Gasteiger partial charge in [0.15, 0.2) is 0 Å². The van der Waals surface area contributed by atoms with E-state index in [1.807, 2.05) is 0 Å². The molecule has 21 heavy (non-hydrogen) atoms. The summed E-state index contributed by atoms with van der Waals surface area (Å²) in [5.74, 6) is -1.10. The van der Waals surface area contributed by atoms with E-state index in [0.717, 1.165) is 8.95 Å². The van der Waals surface area contributed by atoms with Crippen molar-refractivity contribution in [1.29, 1.82) is 0 Å². The van der Waals surface area contributed by atoms with Crippen LogP contribution in [0.1, 0.15) is 20.7 Å². The molecule has 0 aliphatic rings. The molecule has 0 N–H and O–H groups in total. The van der Waals surface area contributed by atoms with Crippen molar-refractivity contribution in [2.24, 2.45) is 0 Å². The third-order valence-corrected chi connectivity index (χ3v) is 3.60. The molecule has 0 aromatic heterocycles. The predicted octanol–water partition coefficient (Wildman–Crippen LogP) is 4.18. The third kappa shape index (κ3) is 4.68. The molecular weight excluding hydrogens is 404 g/mol. The van der Waals surface area contributed by atoms with E-state index >= 15 is 0 Å². The molecule has 0 unspecified atom stereocenters. The van der Waals surface area contributed by atoms with Crippen molar-refractivity contribution in [1.82, 2.24) is 0 Å². The summed E-state index contributed by atoms with van der Waals surface area (Å²) < 4.78 is 11.5. The van der Waals surface area contributed by atoms with Gasteiger partial charge in [0, 0.05) is 8.95 Å². The second-order valence-corrected chi connectivity index (χ2v) is 5.83. The van der Waals surface area contributed by atoms with Gasteiger partial charge in [0.05, 0.1) is 11.1 Å². The minimum absolute atomic E-state index is 0.387. The second kappa shape index (κ2) is 7.38. The summed E-state index contributed by atoms with van der Waals surface area (Å²) in [5.41, 5.74) is 0.774. The lowest BCUT2D eigenvalue weighted by Gasteiger charge is -2.06. The maximum absolute atomic E-state index is 11.7. The van der Waals surface area contributed by atoms with E-state index in [-0.39, 0.29) is 0 Å². The van der Waals surface area contributed by atoms with E-state index < -0.39 is 18.7 Å². The van der Waals surface area contributed by atoms with Crippen molar-refractivity contribution in [2.45, 2.75) is 0 Å². The summed E-state index contributed by atoms with van der Waals surface area (Å²) in [6.45, 7) is -0.427. The molecule has 0 bridgehead atoms. The Bertz CT molecular complexity index is 578. The summed E-state index contributed by atoms with van der Waals surface area (Å²) in [5, 5.41) is 0. The summed E-state index contributed by atoms with van der Waals surface area (Å²) in [6.07, 6.45) is 0. The first-order valence-electron chi connectivity index (χ1n) is 5.91. The number of carbonyl (C=O) groups excluding carboxylic acids is 2. The van der Waals surface area contributed by atoms with Crippen LogP contribution in [0.25, 0.3) is 0 Å². The van der Waals surface area contributed by atoms with Crippen LogP contribution >= 0.6 is 31.9 Å². The topological polar surface area (TPSA) is 52.6 Å².